The van der Waals surface area contributed by atoms with Crippen LogP contribution in [0.1, 0.15) is 15.2 Å². The summed E-state index contributed by atoms with van der Waals surface area (Å²) in [6.45, 7) is -1.13. The minimum Gasteiger partial charge on any atom is -0.465 e. The van der Waals surface area contributed by atoms with E-state index in [1.165, 1.54) is 30.6 Å². The molecule has 0 bridgehead atoms. The van der Waals surface area contributed by atoms with Crippen molar-refractivity contribution in [2.75, 3.05) is 17.7 Å². The van der Waals surface area contributed by atoms with E-state index in [1.807, 2.05) is 6.07 Å². The molecule has 2 N–H and O–H groups in total. The van der Waals surface area contributed by atoms with Gasteiger partial charge in [0.05, 0.1) is 12.1 Å². The third-order valence-corrected chi connectivity index (χ3v) is 5.77. The van der Waals surface area contributed by atoms with E-state index in [-0.39, 0.29) is 5.75 Å². The van der Waals surface area contributed by atoms with Crippen LogP contribution in [0.15, 0.2) is 36.4 Å². The quantitative estimate of drug-likeness (QED) is 0.359. The fourth-order valence-corrected chi connectivity index (χ4v) is 4.30. The number of rotatable bonds is 5. The van der Waals surface area contributed by atoms with Gasteiger partial charge in [-0.2, -0.15) is 8.78 Å². The summed E-state index contributed by atoms with van der Waals surface area (Å²) in [5.74, 6) is -0.416. The summed E-state index contributed by atoms with van der Waals surface area (Å²) in [4.78, 5) is 12.1. The molecule has 0 saturated heterocycles. The van der Waals surface area contributed by atoms with E-state index in [2.05, 4.69) is 15.4 Å². The molecule has 0 fully saturated rings. The summed E-state index contributed by atoms with van der Waals surface area (Å²) in [5, 5.41) is 7.46. The van der Waals surface area contributed by atoms with E-state index in [9.17, 15) is 13.6 Å². The molecule has 1 aromatic heterocycles. The second kappa shape index (κ2) is 8.89. The first kappa shape index (κ1) is 21.2. The summed E-state index contributed by atoms with van der Waals surface area (Å²) in [6, 6.07) is 9.91. The second-order valence-electron chi connectivity index (χ2n) is 5.88. The number of esters is 1. The molecular weight excluding hydrogens is 442 g/mol. The van der Waals surface area contributed by atoms with Gasteiger partial charge in [-0.1, -0.05) is 11.6 Å². The zero-order valence-electron chi connectivity index (χ0n) is 15.2. The third-order valence-electron chi connectivity index (χ3n) is 3.93. The van der Waals surface area contributed by atoms with Crippen LogP contribution in [0, 0.1) is 6.92 Å². The maximum absolute atomic E-state index is 12.3. The molecule has 0 atom stereocenters. The fourth-order valence-electron chi connectivity index (χ4n) is 2.60. The zero-order valence-corrected chi connectivity index (χ0v) is 17.6. The predicted octanol–water partition coefficient (Wildman–Crippen LogP) is 6.06. The minimum atomic E-state index is -2.88. The molecule has 3 rings (SSSR count). The third kappa shape index (κ3) is 4.92. The number of alkyl halides is 2. The van der Waals surface area contributed by atoms with Crippen molar-refractivity contribution in [3.05, 3.63) is 51.9 Å². The van der Waals surface area contributed by atoms with Gasteiger partial charge in [-0.25, -0.2) is 4.79 Å². The highest BCUT2D eigenvalue weighted by Crippen LogP contribution is 2.37. The lowest BCUT2D eigenvalue weighted by molar-refractivity contribution is -0.0498. The van der Waals surface area contributed by atoms with Gasteiger partial charge in [0.15, 0.2) is 5.11 Å². The van der Waals surface area contributed by atoms with Crippen LogP contribution >= 0.6 is 35.2 Å². The van der Waals surface area contributed by atoms with Crippen LogP contribution < -0.4 is 15.4 Å². The summed E-state index contributed by atoms with van der Waals surface area (Å²) < 4.78 is 34.5. The fraction of sp³-hybridized carbons (Fsp3) is 0.158. The molecule has 0 aliphatic carbocycles. The lowest BCUT2D eigenvalue weighted by atomic mass is 10.2. The number of halogens is 3. The number of benzene rings is 2. The number of carbonyl (C=O) groups excluding carboxylic acids is 1. The molecule has 5 nitrogen and oxygen atoms in total. The van der Waals surface area contributed by atoms with Gasteiger partial charge in [-0.15, -0.1) is 11.3 Å². The SMILES string of the molecule is COC(=O)c1sc2cc(NC(=S)Nc3ccc(OC(F)F)cc3C)ccc2c1Cl. The molecule has 0 radical (unpaired) electrons. The first-order chi connectivity index (χ1) is 13.8. The van der Waals surface area contributed by atoms with Gasteiger partial charge < -0.3 is 20.1 Å². The number of fused-ring (bicyclic) bond motifs is 1. The minimum absolute atomic E-state index is 0.0726. The molecule has 29 heavy (non-hydrogen) atoms. The van der Waals surface area contributed by atoms with Gasteiger partial charge in [-0.3, -0.25) is 0 Å². The van der Waals surface area contributed by atoms with Crippen LogP contribution in [0.5, 0.6) is 5.75 Å². The normalized spacial score (nSPS) is 10.8. The number of hydrogen-bond acceptors (Lipinski definition) is 5. The van der Waals surface area contributed by atoms with Gasteiger partial charge in [-0.05, 0) is 61.1 Å². The molecule has 0 aliphatic heterocycles. The Labute approximate surface area is 179 Å². The highest BCUT2D eigenvalue weighted by atomic mass is 35.5. The molecule has 152 valence electrons. The van der Waals surface area contributed by atoms with Crippen molar-refractivity contribution in [3.63, 3.8) is 0 Å². The van der Waals surface area contributed by atoms with E-state index < -0.39 is 12.6 Å². The predicted molar refractivity (Wildman–Crippen MR) is 116 cm³/mol. The molecule has 3 aromatic rings. The molecule has 1 heterocycles. The first-order valence-electron chi connectivity index (χ1n) is 8.22. The number of anilines is 2. The molecule has 2 aromatic carbocycles. The average Bonchev–Trinajstić information content (AvgIpc) is 2.99. The number of methoxy groups -OCH3 is 1. The summed E-state index contributed by atoms with van der Waals surface area (Å²) >= 11 is 12.8. The van der Waals surface area contributed by atoms with Crippen molar-refractivity contribution in [1.29, 1.82) is 0 Å². The lowest BCUT2D eigenvalue weighted by Crippen LogP contribution is -2.19. The van der Waals surface area contributed by atoms with E-state index in [4.69, 9.17) is 28.6 Å². The zero-order chi connectivity index (χ0) is 21.1. The highest BCUT2D eigenvalue weighted by Gasteiger charge is 2.18. The van der Waals surface area contributed by atoms with Gasteiger partial charge in [0.1, 0.15) is 10.6 Å². The summed E-state index contributed by atoms with van der Waals surface area (Å²) in [6.07, 6.45) is 0. The molecule has 0 unspecified atom stereocenters. The van der Waals surface area contributed by atoms with Crippen molar-refractivity contribution in [3.8, 4) is 5.75 Å². The van der Waals surface area contributed by atoms with Crippen LogP contribution in [0.3, 0.4) is 0 Å². The lowest BCUT2D eigenvalue weighted by Gasteiger charge is -2.14. The topological polar surface area (TPSA) is 59.6 Å². The smallest absolute Gasteiger partial charge is 0.387 e. The maximum atomic E-state index is 12.3. The Bertz CT molecular complexity index is 1090. The Kier molecular flexibility index (Phi) is 6.51. The van der Waals surface area contributed by atoms with Gasteiger partial charge in [0.25, 0.3) is 0 Å². The van der Waals surface area contributed by atoms with Crippen LogP contribution in [0.2, 0.25) is 5.02 Å². The Morgan fingerprint density at radius 3 is 2.62 bits per heavy atom. The summed E-state index contributed by atoms with van der Waals surface area (Å²) in [5.41, 5.74) is 2.03. The van der Waals surface area contributed by atoms with Crippen LogP contribution in [-0.2, 0) is 4.74 Å². The first-order valence-corrected chi connectivity index (χ1v) is 9.82. The van der Waals surface area contributed by atoms with Gasteiger partial charge in [0, 0.05) is 21.5 Å². The number of hydrogen-bond donors (Lipinski definition) is 2. The maximum Gasteiger partial charge on any atom is 0.387 e. The molecule has 0 amide bonds. The van der Waals surface area contributed by atoms with Crippen molar-refractivity contribution >= 4 is 67.7 Å². The summed E-state index contributed by atoms with van der Waals surface area (Å²) in [7, 11) is 1.30. The Morgan fingerprint density at radius 1 is 1.21 bits per heavy atom. The van der Waals surface area contributed by atoms with E-state index in [1.54, 1.807) is 25.1 Å². The van der Waals surface area contributed by atoms with Crippen LogP contribution in [0.25, 0.3) is 10.1 Å². The second-order valence-corrected chi connectivity index (χ2v) is 7.72. The van der Waals surface area contributed by atoms with Crippen LogP contribution in [0.4, 0.5) is 20.2 Å². The Balaban J connectivity index is 1.73. The number of carbonyl (C=O) groups is 1. The Hall–Kier alpha value is -2.49. The van der Waals surface area contributed by atoms with Crippen molar-refractivity contribution in [2.24, 2.45) is 0 Å². The van der Waals surface area contributed by atoms with Crippen molar-refractivity contribution in [1.82, 2.24) is 0 Å². The molecule has 0 aliphatic rings. The van der Waals surface area contributed by atoms with Crippen LogP contribution in [-0.4, -0.2) is 24.8 Å². The van der Waals surface area contributed by atoms with Gasteiger partial charge in [0.2, 0.25) is 0 Å². The highest BCUT2D eigenvalue weighted by molar-refractivity contribution is 7.80. The van der Waals surface area contributed by atoms with E-state index in [0.717, 1.165) is 10.1 Å². The number of thiocarbonyl (C=S) groups is 1. The number of aryl methyl sites for hydroxylation is 1. The van der Waals surface area contributed by atoms with E-state index >= 15 is 0 Å². The van der Waals surface area contributed by atoms with Crippen molar-refractivity contribution in [2.45, 2.75) is 13.5 Å². The van der Waals surface area contributed by atoms with E-state index in [0.29, 0.717) is 32.0 Å². The standard InChI is InChI=1S/C19H15ClF2N2O3S2/c1-9-7-11(27-18(21)22)4-6-13(9)24-19(28)23-10-3-5-12-14(8-10)29-16(15(12)20)17(25)26-2/h3-8,18H,1-2H3,(H2,23,24,28). The monoisotopic (exact) mass is 456 g/mol. The molecule has 0 spiro atoms. The number of nitrogens with one attached hydrogen (secondary N) is 2. The molecule has 10 heteroatoms. The van der Waals surface area contributed by atoms with Crippen molar-refractivity contribution < 1.29 is 23.0 Å². The largest absolute Gasteiger partial charge is 0.465 e. The van der Waals surface area contributed by atoms with Gasteiger partial charge >= 0.3 is 12.6 Å². The number of ether oxygens (including phenoxy) is 2. The number of thiophene rings is 1. The molecule has 0 saturated carbocycles. The average molecular weight is 457 g/mol. The Morgan fingerprint density at radius 2 is 1.97 bits per heavy atom. The molecular formula is C19H15ClF2N2O3S2.